The van der Waals surface area contributed by atoms with Crippen LogP contribution in [-0.2, 0) is 16.5 Å². The van der Waals surface area contributed by atoms with E-state index in [4.69, 9.17) is 8.92 Å². The van der Waals surface area contributed by atoms with E-state index in [1.54, 1.807) is 0 Å². The molecule has 0 aromatic heterocycles. The molecular formula is C22H29F3O4S. The number of halogens is 3. The average Bonchev–Trinajstić information content (AvgIpc) is 2.59. The second kappa shape index (κ2) is 8.09. The van der Waals surface area contributed by atoms with Gasteiger partial charge in [-0.1, -0.05) is 31.4 Å². The number of hydrogen-bond donors (Lipinski definition) is 0. The predicted molar refractivity (Wildman–Crippen MR) is 109 cm³/mol. The number of fused-ring (bicyclic) bond motifs is 3. The highest BCUT2D eigenvalue weighted by molar-refractivity contribution is 7.88. The molecule has 1 aromatic rings. The molecule has 3 rings (SSSR count). The maximum absolute atomic E-state index is 13.1. The third kappa shape index (κ3) is 4.48. The molecule has 0 fully saturated rings. The van der Waals surface area contributed by atoms with E-state index in [2.05, 4.69) is 6.92 Å². The molecular weight excluding hydrogens is 417 g/mol. The fraction of sp³-hybridized carbons (Fsp3) is 0.636. The second-order valence-electron chi connectivity index (χ2n) is 8.84. The zero-order valence-corrected chi connectivity index (χ0v) is 18.6. The minimum absolute atomic E-state index is 0.00980. The minimum atomic E-state index is -5.78. The van der Waals surface area contributed by atoms with Crippen LogP contribution in [0.25, 0.3) is 0 Å². The van der Waals surface area contributed by atoms with Crippen LogP contribution in [0.2, 0.25) is 0 Å². The molecule has 1 aromatic carbocycles. The molecule has 0 spiro atoms. The lowest BCUT2D eigenvalue weighted by molar-refractivity contribution is -0.0501. The fourth-order valence-corrected chi connectivity index (χ4v) is 4.99. The summed E-state index contributed by atoms with van der Waals surface area (Å²) in [6.07, 6.45) is 7.10. The highest BCUT2D eigenvalue weighted by atomic mass is 32.2. The molecule has 4 nitrogen and oxygen atoms in total. The topological polar surface area (TPSA) is 52.6 Å². The highest BCUT2D eigenvalue weighted by Crippen LogP contribution is 2.54. The molecule has 2 aliphatic rings. The summed E-state index contributed by atoms with van der Waals surface area (Å²) in [6.45, 7) is 7.98. The van der Waals surface area contributed by atoms with Crippen molar-refractivity contribution in [1.29, 1.82) is 0 Å². The zero-order chi connectivity index (χ0) is 22.3. The molecule has 2 atom stereocenters. The standard InChI is InChI=1S/C22H29F3O4S/c1-5-6-7-8-15-12-18-20(19(13-15)29-30(26,27)22(23,24)25)16-11-14(2)9-10-17(16)21(3,4)28-18/h11-13,16-17H,5-10H2,1-4H3/t16-,17?/m1/s1. The molecule has 0 saturated heterocycles. The van der Waals surface area contributed by atoms with Crippen molar-refractivity contribution in [2.75, 3.05) is 0 Å². The van der Waals surface area contributed by atoms with E-state index in [9.17, 15) is 21.6 Å². The maximum Gasteiger partial charge on any atom is 0.534 e. The van der Waals surface area contributed by atoms with Gasteiger partial charge in [0.2, 0.25) is 0 Å². The number of hydrogen-bond acceptors (Lipinski definition) is 4. The summed E-state index contributed by atoms with van der Waals surface area (Å²) in [4.78, 5) is 0. The van der Waals surface area contributed by atoms with Crippen molar-refractivity contribution < 1.29 is 30.5 Å². The van der Waals surface area contributed by atoms with Gasteiger partial charge < -0.3 is 8.92 Å². The van der Waals surface area contributed by atoms with E-state index < -0.39 is 21.2 Å². The normalized spacial score (nSPS) is 23.1. The SMILES string of the molecule is CCCCCc1cc2c(c(OS(=O)(=O)C(F)(F)F)c1)[C@@H]1C=C(C)CCC1C(C)(C)O2. The molecule has 0 radical (unpaired) electrons. The molecule has 1 aliphatic heterocycles. The Balaban J connectivity index is 2.15. The highest BCUT2D eigenvalue weighted by Gasteiger charge is 2.50. The number of rotatable bonds is 6. The Hall–Kier alpha value is -1.70. The molecule has 8 heteroatoms. The van der Waals surface area contributed by atoms with Gasteiger partial charge in [-0.25, -0.2) is 0 Å². The lowest BCUT2D eigenvalue weighted by atomic mass is 9.68. The quantitative estimate of drug-likeness (QED) is 0.224. The van der Waals surface area contributed by atoms with Crippen molar-refractivity contribution >= 4 is 10.1 Å². The predicted octanol–water partition coefficient (Wildman–Crippen LogP) is 6.26. The lowest BCUT2D eigenvalue weighted by Crippen LogP contribution is -2.45. The summed E-state index contributed by atoms with van der Waals surface area (Å²) in [6, 6.07) is 3.27. The summed E-state index contributed by atoms with van der Waals surface area (Å²) >= 11 is 0. The van der Waals surface area contributed by atoms with Crippen molar-refractivity contribution in [1.82, 2.24) is 0 Å². The van der Waals surface area contributed by atoms with Crippen LogP contribution in [0.3, 0.4) is 0 Å². The van der Waals surface area contributed by atoms with Crippen LogP contribution in [0.4, 0.5) is 13.2 Å². The van der Waals surface area contributed by atoms with Gasteiger partial charge in [-0.3, -0.25) is 0 Å². The van der Waals surface area contributed by atoms with E-state index in [1.165, 1.54) is 6.07 Å². The zero-order valence-electron chi connectivity index (χ0n) is 17.8. The van der Waals surface area contributed by atoms with E-state index in [1.807, 2.05) is 32.9 Å². The van der Waals surface area contributed by atoms with Crippen molar-refractivity contribution in [3.05, 3.63) is 34.9 Å². The maximum atomic E-state index is 13.1. The summed E-state index contributed by atoms with van der Waals surface area (Å²) in [5.74, 6) is -0.113. The molecule has 0 N–H and O–H groups in total. The first kappa shape index (κ1) is 23.0. The van der Waals surface area contributed by atoms with Gasteiger partial charge in [0.05, 0.1) is 0 Å². The Morgan fingerprint density at radius 2 is 1.93 bits per heavy atom. The van der Waals surface area contributed by atoms with Crippen LogP contribution >= 0.6 is 0 Å². The van der Waals surface area contributed by atoms with Gasteiger partial charge in [0.25, 0.3) is 0 Å². The van der Waals surface area contributed by atoms with Gasteiger partial charge in [0.1, 0.15) is 11.4 Å². The Bertz CT molecular complexity index is 932. The number of alkyl halides is 3. The van der Waals surface area contributed by atoms with E-state index in [0.29, 0.717) is 23.3 Å². The van der Waals surface area contributed by atoms with E-state index in [0.717, 1.165) is 37.7 Å². The summed E-state index contributed by atoms with van der Waals surface area (Å²) in [7, 11) is -5.78. The Labute approximate surface area is 176 Å². The van der Waals surface area contributed by atoms with E-state index in [-0.39, 0.29) is 17.6 Å². The first-order valence-corrected chi connectivity index (χ1v) is 11.8. The number of allylic oxidation sites excluding steroid dienone is 2. The summed E-state index contributed by atoms with van der Waals surface area (Å²) in [5.41, 5.74) is -3.80. The van der Waals surface area contributed by atoms with Crippen LogP contribution in [0, 0.1) is 5.92 Å². The van der Waals surface area contributed by atoms with Crippen molar-refractivity contribution in [3.63, 3.8) is 0 Å². The molecule has 0 amide bonds. The number of ether oxygens (including phenoxy) is 1. The van der Waals surface area contributed by atoms with Gasteiger partial charge in [0, 0.05) is 17.4 Å². The Morgan fingerprint density at radius 1 is 1.23 bits per heavy atom. The summed E-state index contributed by atoms with van der Waals surface area (Å²) < 4.78 is 73.8. The molecule has 168 valence electrons. The van der Waals surface area contributed by atoms with Crippen LogP contribution in [0.5, 0.6) is 11.5 Å². The molecule has 1 aliphatic carbocycles. The van der Waals surface area contributed by atoms with Gasteiger partial charge in [-0.05, 0) is 64.2 Å². The van der Waals surface area contributed by atoms with Crippen LogP contribution in [-0.4, -0.2) is 19.5 Å². The number of benzene rings is 1. The average molecular weight is 447 g/mol. The smallest absolute Gasteiger partial charge is 0.487 e. The van der Waals surface area contributed by atoms with Gasteiger partial charge in [-0.2, -0.15) is 21.6 Å². The Kier molecular flexibility index (Phi) is 6.20. The first-order chi connectivity index (χ1) is 13.9. The molecule has 30 heavy (non-hydrogen) atoms. The fourth-order valence-electron chi connectivity index (χ4n) is 4.52. The number of aryl methyl sites for hydroxylation is 1. The van der Waals surface area contributed by atoms with Crippen LogP contribution < -0.4 is 8.92 Å². The minimum Gasteiger partial charge on any atom is -0.487 e. The molecule has 1 unspecified atom stereocenters. The monoisotopic (exact) mass is 446 g/mol. The third-order valence-corrected chi connectivity index (χ3v) is 7.03. The third-order valence-electron chi connectivity index (χ3n) is 6.06. The molecule has 0 saturated carbocycles. The lowest BCUT2D eigenvalue weighted by Gasteiger charge is -2.46. The van der Waals surface area contributed by atoms with Crippen molar-refractivity contribution in [2.24, 2.45) is 5.92 Å². The summed E-state index contributed by atoms with van der Waals surface area (Å²) in [5, 5.41) is 0. The van der Waals surface area contributed by atoms with Gasteiger partial charge in [0.15, 0.2) is 5.75 Å². The first-order valence-electron chi connectivity index (χ1n) is 10.4. The van der Waals surface area contributed by atoms with E-state index >= 15 is 0 Å². The molecule has 0 bridgehead atoms. The van der Waals surface area contributed by atoms with Crippen LogP contribution in [0.1, 0.15) is 76.8 Å². The van der Waals surface area contributed by atoms with Gasteiger partial charge in [-0.15, -0.1) is 0 Å². The Morgan fingerprint density at radius 3 is 2.57 bits per heavy atom. The second-order valence-corrected chi connectivity index (χ2v) is 10.4. The van der Waals surface area contributed by atoms with Gasteiger partial charge >= 0.3 is 15.6 Å². The molecule has 1 heterocycles. The van der Waals surface area contributed by atoms with Crippen molar-refractivity contribution in [2.45, 2.75) is 83.2 Å². The van der Waals surface area contributed by atoms with Crippen molar-refractivity contribution in [3.8, 4) is 11.5 Å². The largest absolute Gasteiger partial charge is 0.534 e. The number of unbranched alkanes of at least 4 members (excludes halogenated alkanes) is 2. The van der Waals surface area contributed by atoms with Crippen LogP contribution in [0.15, 0.2) is 23.8 Å².